The second kappa shape index (κ2) is 6.08. The molecular formula is C14H25NO2. The van der Waals surface area contributed by atoms with E-state index in [9.17, 15) is 4.79 Å². The van der Waals surface area contributed by atoms with Gasteiger partial charge in [-0.05, 0) is 53.4 Å². The molecule has 1 aliphatic heterocycles. The lowest BCUT2D eigenvalue weighted by molar-refractivity contribution is 0.0102. The Bertz CT molecular complexity index is 278. The second-order valence-electron chi connectivity index (χ2n) is 5.63. The van der Waals surface area contributed by atoms with Crippen molar-refractivity contribution in [3.63, 3.8) is 0 Å². The van der Waals surface area contributed by atoms with Gasteiger partial charge >= 0.3 is 6.09 Å². The third-order valence-electron chi connectivity index (χ3n) is 2.90. The largest absolute Gasteiger partial charge is 0.444 e. The van der Waals surface area contributed by atoms with Crippen molar-refractivity contribution in [1.29, 1.82) is 0 Å². The first-order chi connectivity index (χ1) is 7.94. The first-order valence-corrected chi connectivity index (χ1v) is 6.55. The molecular weight excluding hydrogens is 214 g/mol. The Kier molecular flexibility index (Phi) is 5.03. The van der Waals surface area contributed by atoms with Crippen molar-refractivity contribution in [3.05, 3.63) is 12.2 Å². The highest BCUT2D eigenvalue weighted by Crippen LogP contribution is 2.22. The minimum atomic E-state index is -0.403. The highest BCUT2D eigenvalue weighted by molar-refractivity contribution is 5.68. The van der Waals surface area contributed by atoms with Crippen LogP contribution < -0.4 is 0 Å². The molecule has 0 aromatic carbocycles. The van der Waals surface area contributed by atoms with E-state index in [1.54, 1.807) is 0 Å². The summed E-state index contributed by atoms with van der Waals surface area (Å²) in [5.74, 6) is 0. The molecule has 1 rings (SSSR count). The Morgan fingerprint density at radius 3 is 2.71 bits per heavy atom. The number of carbonyl (C=O) groups is 1. The van der Waals surface area contributed by atoms with Crippen LogP contribution in [0.3, 0.4) is 0 Å². The quantitative estimate of drug-likeness (QED) is 0.687. The van der Waals surface area contributed by atoms with Crippen molar-refractivity contribution >= 4 is 6.09 Å². The van der Waals surface area contributed by atoms with Crippen LogP contribution in [0.2, 0.25) is 0 Å². The first kappa shape index (κ1) is 14.1. The molecule has 3 nitrogen and oxygen atoms in total. The smallest absolute Gasteiger partial charge is 0.410 e. The Morgan fingerprint density at radius 2 is 2.12 bits per heavy atom. The van der Waals surface area contributed by atoms with Gasteiger partial charge in [-0.15, -0.1) is 0 Å². The van der Waals surface area contributed by atoms with E-state index >= 15 is 0 Å². The summed E-state index contributed by atoms with van der Waals surface area (Å²) in [6, 6.07) is 0.315. The number of allylic oxidation sites excluding steroid dienone is 1. The van der Waals surface area contributed by atoms with Gasteiger partial charge in [-0.3, -0.25) is 0 Å². The highest BCUT2D eigenvalue weighted by Gasteiger charge is 2.29. The maximum atomic E-state index is 12.1. The SMILES string of the molecule is C/C=C/CC1CCCCN1C(=O)OC(C)(C)C. The predicted molar refractivity (Wildman–Crippen MR) is 70.0 cm³/mol. The average Bonchev–Trinajstić information content (AvgIpc) is 2.24. The van der Waals surface area contributed by atoms with E-state index in [2.05, 4.69) is 6.08 Å². The number of likely N-dealkylation sites (tertiary alicyclic amines) is 1. The molecule has 0 saturated carbocycles. The molecule has 0 bridgehead atoms. The molecule has 1 atom stereocenters. The van der Waals surface area contributed by atoms with Crippen LogP contribution in [0.5, 0.6) is 0 Å². The fourth-order valence-electron chi connectivity index (χ4n) is 2.10. The van der Waals surface area contributed by atoms with Crippen LogP contribution in [0.4, 0.5) is 4.79 Å². The topological polar surface area (TPSA) is 29.5 Å². The molecule has 1 unspecified atom stereocenters. The summed E-state index contributed by atoms with van der Waals surface area (Å²) in [7, 11) is 0. The van der Waals surface area contributed by atoms with E-state index < -0.39 is 5.60 Å². The Balaban J connectivity index is 2.60. The summed E-state index contributed by atoms with van der Waals surface area (Å²) in [5.41, 5.74) is -0.403. The summed E-state index contributed by atoms with van der Waals surface area (Å²) in [6.45, 7) is 8.58. The average molecular weight is 239 g/mol. The van der Waals surface area contributed by atoms with Crippen LogP contribution in [-0.4, -0.2) is 29.2 Å². The van der Waals surface area contributed by atoms with Gasteiger partial charge in [0.2, 0.25) is 0 Å². The summed E-state index contributed by atoms with van der Waals surface area (Å²) in [4.78, 5) is 14.0. The van der Waals surface area contributed by atoms with Crippen molar-refractivity contribution in [2.75, 3.05) is 6.54 Å². The van der Waals surface area contributed by atoms with Gasteiger partial charge in [0.25, 0.3) is 0 Å². The molecule has 1 heterocycles. The summed E-state index contributed by atoms with van der Waals surface area (Å²) >= 11 is 0. The van der Waals surface area contributed by atoms with Gasteiger partial charge in [0.15, 0.2) is 0 Å². The fourth-order valence-corrected chi connectivity index (χ4v) is 2.10. The zero-order valence-electron chi connectivity index (χ0n) is 11.5. The van der Waals surface area contributed by atoms with Gasteiger partial charge in [0.05, 0.1) is 0 Å². The van der Waals surface area contributed by atoms with Gasteiger partial charge < -0.3 is 9.64 Å². The third-order valence-corrected chi connectivity index (χ3v) is 2.90. The van der Waals surface area contributed by atoms with Crippen LogP contribution in [0.15, 0.2) is 12.2 Å². The maximum Gasteiger partial charge on any atom is 0.410 e. The molecule has 1 amide bonds. The lowest BCUT2D eigenvalue weighted by Crippen LogP contribution is -2.45. The molecule has 0 radical (unpaired) electrons. The number of hydrogen-bond acceptors (Lipinski definition) is 2. The number of hydrogen-bond donors (Lipinski definition) is 0. The molecule has 1 fully saturated rings. The van der Waals surface area contributed by atoms with E-state index in [0.29, 0.717) is 6.04 Å². The Hall–Kier alpha value is -0.990. The molecule has 17 heavy (non-hydrogen) atoms. The minimum absolute atomic E-state index is 0.160. The summed E-state index contributed by atoms with van der Waals surface area (Å²) in [6.07, 6.45) is 8.34. The maximum absolute atomic E-state index is 12.1. The lowest BCUT2D eigenvalue weighted by atomic mass is 10.00. The number of amides is 1. The van der Waals surface area contributed by atoms with Crippen LogP contribution in [-0.2, 0) is 4.74 Å². The number of nitrogens with zero attached hydrogens (tertiary/aromatic N) is 1. The predicted octanol–water partition coefficient (Wildman–Crippen LogP) is 3.74. The van der Waals surface area contributed by atoms with Gasteiger partial charge in [-0.25, -0.2) is 4.79 Å². The van der Waals surface area contributed by atoms with Gasteiger partial charge in [-0.2, -0.15) is 0 Å². The number of carbonyl (C=O) groups excluding carboxylic acids is 1. The van der Waals surface area contributed by atoms with Gasteiger partial charge in [-0.1, -0.05) is 12.2 Å². The standard InChI is InChI=1S/C14H25NO2/c1-5-6-9-12-10-7-8-11-15(12)13(16)17-14(2,3)4/h5-6,12H,7-11H2,1-4H3/b6-5+. The van der Waals surface area contributed by atoms with Crippen molar-refractivity contribution in [2.24, 2.45) is 0 Å². The van der Waals surface area contributed by atoms with Crippen molar-refractivity contribution in [1.82, 2.24) is 4.90 Å². The van der Waals surface area contributed by atoms with E-state index in [0.717, 1.165) is 25.8 Å². The van der Waals surface area contributed by atoms with Crippen LogP contribution >= 0.6 is 0 Å². The Labute approximate surface area is 105 Å². The molecule has 3 heteroatoms. The van der Waals surface area contributed by atoms with Gasteiger partial charge in [0, 0.05) is 12.6 Å². The van der Waals surface area contributed by atoms with E-state index in [1.807, 2.05) is 38.7 Å². The normalized spacial score (nSPS) is 21.9. The highest BCUT2D eigenvalue weighted by atomic mass is 16.6. The van der Waals surface area contributed by atoms with Crippen LogP contribution in [0, 0.1) is 0 Å². The third kappa shape index (κ3) is 4.80. The lowest BCUT2D eigenvalue weighted by Gasteiger charge is -2.36. The molecule has 1 aliphatic rings. The van der Waals surface area contributed by atoms with E-state index in [1.165, 1.54) is 6.42 Å². The first-order valence-electron chi connectivity index (χ1n) is 6.55. The minimum Gasteiger partial charge on any atom is -0.444 e. The van der Waals surface area contributed by atoms with Crippen molar-refractivity contribution in [2.45, 2.75) is 65.0 Å². The van der Waals surface area contributed by atoms with Crippen molar-refractivity contribution in [3.8, 4) is 0 Å². The molecule has 98 valence electrons. The van der Waals surface area contributed by atoms with Crippen molar-refractivity contribution < 1.29 is 9.53 Å². The molecule has 0 aliphatic carbocycles. The fraction of sp³-hybridized carbons (Fsp3) is 0.786. The van der Waals surface area contributed by atoms with Gasteiger partial charge in [0.1, 0.15) is 5.60 Å². The van der Waals surface area contributed by atoms with E-state index in [-0.39, 0.29) is 6.09 Å². The zero-order chi connectivity index (χ0) is 12.9. The zero-order valence-corrected chi connectivity index (χ0v) is 11.5. The molecule has 0 spiro atoms. The second-order valence-corrected chi connectivity index (χ2v) is 5.63. The molecule has 0 aromatic rings. The molecule has 1 saturated heterocycles. The number of piperidine rings is 1. The number of ether oxygens (including phenoxy) is 1. The van der Waals surface area contributed by atoms with Crippen LogP contribution in [0.25, 0.3) is 0 Å². The van der Waals surface area contributed by atoms with Crippen LogP contribution in [0.1, 0.15) is 53.4 Å². The Morgan fingerprint density at radius 1 is 1.41 bits per heavy atom. The summed E-state index contributed by atoms with van der Waals surface area (Å²) < 4.78 is 5.45. The summed E-state index contributed by atoms with van der Waals surface area (Å²) in [5, 5.41) is 0. The number of rotatable bonds is 2. The monoisotopic (exact) mass is 239 g/mol. The van der Waals surface area contributed by atoms with E-state index in [4.69, 9.17) is 4.74 Å². The molecule has 0 N–H and O–H groups in total. The molecule has 0 aromatic heterocycles.